The van der Waals surface area contributed by atoms with Gasteiger partial charge in [0.15, 0.2) is 0 Å². The quantitative estimate of drug-likeness (QED) is 0.168. The van der Waals surface area contributed by atoms with Crippen molar-refractivity contribution in [1.82, 2.24) is 0 Å². The molecule has 10 aromatic rings. The summed E-state index contributed by atoms with van der Waals surface area (Å²) in [6, 6.07) is 54.1. The topological polar surface area (TPSA) is 18.5 Å². The fourth-order valence-electron chi connectivity index (χ4n) is 10.9. The first kappa shape index (κ1) is 31.0. The Morgan fingerprint density at radius 1 is 0.362 bits per heavy atom. The van der Waals surface area contributed by atoms with Crippen LogP contribution in [0.2, 0.25) is 0 Å². The van der Waals surface area contributed by atoms with E-state index in [1.807, 2.05) is 0 Å². The van der Waals surface area contributed by atoms with E-state index in [4.69, 9.17) is 9.47 Å². The molecular weight excluding hydrogens is 705 g/mol. The van der Waals surface area contributed by atoms with Gasteiger partial charge >= 0.3 is 0 Å². The van der Waals surface area contributed by atoms with Crippen LogP contribution >= 0.6 is 0 Å². The molecular formula is C56H34O2. The summed E-state index contributed by atoms with van der Waals surface area (Å²) >= 11 is 0. The molecule has 2 aliphatic carbocycles. The highest BCUT2D eigenvalue weighted by molar-refractivity contribution is 6.26. The molecule has 270 valence electrons. The third-order valence-corrected chi connectivity index (χ3v) is 13.6. The van der Waals surface area contributed by atoms with Crippen molar-refractivity contribution in [2.75, 3.05) is 0 Å². The minimum Gasteiger partial charge on any atom is -0.485 e. The maximum atomic E-state index is 6.57. The molecule has 4 unspecified atom stereocenters. The monoisotopic (exact) mass is 738 g/mol. The predicted octanol–water partition coefficient (Wildman–Crippen LogP) is 14.1. The van der Waals surface area contributed by atoms with Crippen LogP contribution in [0.25, 0.3) is 86.9 Å². The minimum absolute atomic E-state index is 0.0136. The van der Waals surface area contributed by atoms with Crippen molar-refractivity contribution in [1.29, 1.82) is 0 Å². The first-order valence-corrected chi connectivity index (χ1v) is 20.5. The molecule has 10 aromatic carbocycles. The van der Waals surface area contributed by atoms with Crippen LogP contribution in [0.4, 0.5) is 0 Å². The van der Waals surface area contributed by atoms with E-state index in [9.17, 15) is 0 Å². The Kier molecular flexibility index (Phi) is 6.01. The SMILES string of the molecule is C1=CC2Oc3ccc(-c4ccc5c(c4)C4C=C(c6ccc7ccc8cccc9ccc6c7c89)C=CC4O5)cc3C2C=C1c1ccc2ccc3cccc4ccc1c2c34. The van der Waals surface area contributed by atoms with E-state index < -0.39 is 0 Å². The van der Waals surface area contributed by atoms with Gasteiger partial charge in [0.25, 0.3) is 0 Å². The largest absolute Gasteiger partial charge is 0.485 e. The average Bonchev–Trinajstić information content (AvgIpc) is 3.84. The van der Waals surface area contributed by atoms with Crippen molar-refractivity contribution >= 4 is 75.8 Å². The molecule has 0 amide bonds. The van der Waals surface area contributed by atoms with Crippen LogP contribution in [0.1, 0.15) is 34.1 Å². The highest BCUT2D eigenvalue weighted by Gasteiger charge is 2.36. The standard InChI is InChI=1S/C56H34O2/c1-3-31-7-9-35-11-19-41(43-21-13-33(5-1)53(31)55(35)43)39-17-25-51-47(29-39)45-27-37(15-23-49(45)57-51)38-16-24-50-46(28-38)48-30-40(18-26-52(48)58-50)42-20-12-36-10-8-32-4-2-6-34-14-22-44(42)56(36)54(32)34/h1-30,47-48,51-52H. The smallest absolute Gasteiger partial charge is 0.128 e. The van der Waals surface area contributed by atoms with E-state index in [2.05, 4.69) is 182 Å². The molecule has 2 nitrogen and oxygen atoms in total. The molecule has 14 rings (SSSR count). The number of hydrogen-bond donors (Lipinski definition) is 0. The number of rotatable bonds is 3. The van der Waals surface area contributed by atoms with Gasteiger partial charge in [-0.25, -0.2) is 0 Å². The molecule has 4 atom stereocenters. The molecule has 2 aliphatic heterocycles. The van der Waals surface area contributed by atoms with Gasteiger partial charge in [0, 0.05) is 23.0 Å². The lowest BCUT2D eigenvalue weighted by molar-refractivity contribution is 0.269. The van der Waals surface area contributed by atoms with Crippen LogP contribution < -0.4 is 9.47 Å². The van der Waals surface area contributed by atoms with Gasteiger partial charge in [-0.1, -0.05) is 146 Å². The molecule has 0 spiro atoms. The first-order valence-electron chi connectivity index (χ1n) is 20.5. The predicted molar refractivity (Wildman–Crippen MR) is 241 cm³/mol. The molecule has 2 heterocycles. The van der Waals surface area contributed by atoms with Crippen molar-refractivity contribution in [2.45, 2.75) is 24.0 Å². The van der Waals surface area contributed by atoms with Gasteiger partial charge in [-0.05, 0) is 134 Å². The van der Waals surface area contributed by atoms with E-state index in [1.165, 1.54) is 109 Å². The van der Waals surface area contributed by atoms with Gasteiger partial charge in [0.05, 0.1) is 0 Å². The molecule has 0 N–H and O–H groups in total. The number of benzene rings is 10. The second-order valence-electron chi connectivity index (χ2n) is 16.6. The van der Waals surface area contributed by atoms with E-state index in [1.54, 1.807) is 0 Å². The van der Waals surface area contributed by atoms with Gasteiger partial charge in [0.1, 0.15) is 23.7 Å². The minimum atomic E-state index is -0.0136. The van der Waals surface area contributed by atoms with Crippen LogP contribution in [0, 0.1) is 0 Å². The van der Waals surface area contributed by atoms with Gasteiger partial charge < -0.3 is 9.47 Å². The fourth-order valence-corrected chi connectivity index (χ4v) is 10.9. The van der Waals surface area contributed by atoms with Gasteiger partial charge in [0.2, 0.25) is 0 Å². The van der Waals surface area contributed by atoms with Crippen molar-refractivity contribution in [3.8, 4) is 22.6 Å². The summed E-state index contributed by atoms with van der Waals surface area (Å²) < 4.78 is 13.1. The lowest BCUT2D eigenvalue weighted by Gasteiger charge is -2.21. The Morgan fingerprint density at radius 3 is 1.21 bits per heavy atom. The average molecular weight is 739 g/mol. The molecule has 58 heavy (non-hydrogen) atoms. The number of ether oxygens (including phenoxy) is 2. The van der Waals surface area contributed by atoms with Crippen molar-refractivity contribution in [2.24, 2.45) is 0 Å². The van der Waals surface area contributed by atoms with Crippen molar-refractivity contribution in [3.63, 3.8) is 0 Å². The van der Waals surface area contributed by atoms with Crippen LogP contribution in [-0.4, -0.2) is 12.2 Å². The Morgan fingerprint density at radius 2 is 0.759 bits per heavy atom. The highest BCUT2D eigenvalue weighted by Crippen LogP contribution is 2.49. The highest BCUT2D eigenvalue weighted by atomic mass is 16.5. The Hall–Kier alpha value is -7.16. The van der Waals surface area contributed by atoms with Crippen molar-refractivity contribution in [3.05, 3.63) is 204 Å². The molecule has 0 saturated heterocycles. The van der Waals surface area contributed by atoms with Gasteiger partial charge in [-0.15, -0.1) is 0 Å². The van der Waals surface area contributed by atoms with Gasteiger partial charge in [-0.3, -0.25) is 0 Å². The fraction of sp³-hybridized carbons (Fsp3) is 0.0714. The summed E-state index contributed by atoms with van der Waals surface area (Å²) in [5, 5.41) is 15.8. The van der Waals surface area contributed by atoms with E-state index in [0.717, 1.165) is 11.5 Å². The Labute approximate surface area is 334 Å². The summed E-state index contributed by atoms with van der Waals surface area (Å²) in [4.78, 5) is 0. The number of hydrogen-bond acceptors (Lipinski definition) is 2. The van der Waals surface area contributed by atoms with E-state index >= 15 is 0 Å². The van der Waals surface area contributed by atoms with Crippen LogP contribution in [0.3, 0.4) is 0 Å². The summed E-state index contributed by atoms with van der Waals surface area (Å²) in [5.74, 6) is 2.21. The third kappa shape index (κ3) is 4.22. The van der Waals surface area contributed by atoms with E-state index in [-0.39, 0.29) is 24.0 Å². The zero-order valence-corrected chi connectivity index (χ0v) is 31.4. The summed E-state index contributed by atoms with van der Waals surface area (Å²) in [6.45, 7) is 0. The van der Waals surface area contributed by atoms with Gasteiger partial charge in [-0.2, -0.15) is 0 Å². The molecule has 0 fully saturated rings. The third-order valence-electron chi connectivity index (χ3n) is 13.6. The second-order valence-corrected chi connectivity index (χ2v) is 16.6. The number of allylic oxidation sites excluding steroid dienone is 4. The maximum absolute atomic E-state index is 6.57. The molecule has 0 saturated carbocycles. The van der Waals surface area contributed by atoms with E-state index in [0.29, 0.717) is 0 Å². The Balaban J connectivity index is 0.829. The lowest BCUT2D eigenvalue weighted by Crippen LogP contribution is -2.17. The maximum Gasteiger partial charge on any atom is 0.128 e. The molecule has 4 aliphatic rings. The van der Waals surface area contributed by atoms with Crippen molar-refractivity contribution < 1.29 is 9.47 Å². The van der Waals surface area contributed by atoms with Crippen LogP contribution in [0.15, 0.2) is 182 Å². The summed E-state index contributed by atoms with van der Waals surface area (Å²) in [6.07, 6.45) is 13.9. The molecule has 0 bridgehead atoms. The zero-order valence-electron chi connectivity index (χ0n) is 31.4. The molecule has 0 aromatic heterocycles. The first-order chi connectivity index (χ1) is 28.7. The van der Waals surface area contributed by atoms with Crippen LogP contribution in [-0.2, 0) is 0 Å². The van der Waals surface area contributed by atoms with Crippen LogP contribution in [0.5, 0.6) is 11.5 Å². The summed E-state index contributed by atoms with van der Waals surface area (Å²) in [7, 11) is 0. The lowest BCUT2D eigenvalue weighted by atomic mass is 9.83. The Bertz CT molecular complexity index is 3270. The normalized spacial score (nSPS) is 20.4. The second kappa shape index (κ2) is 11.2. The summed E-state index contributed by atoms with van der Waals surface area (Å²) in [5.41, 5.74) is 9.93. The zero-order chi connectivity index (χ0) is 37.6. The molecule has 0 radical (unpaired) electrons. The number of fused-ring (bicyclic) bond motifs is 6. The molecule has 2 heteroatoms.